The number of nitrogens with zero attached hydrogens (tertiary/aromatic N) is 1. The van der Waals surface area contributed by atoms with Crippen LogP contribution in [0, 0.1) is 12.3 Å². The molecule has 0 aliphatic carbocycles. The average Bonchev–Trinajstić information content (AvgIpc) is 2.78. The number of anilines is 1. The first-order chi connectivity index (χ1) is 8.40. The SMILES string of the molecule is C#C[C@@H]1c2ccccc2CN1c1ccccc1. The molecule has 0 aromatic heterocycles. The van der Waals surface area contributed by atoms with Crippen LogP contribution in [0.15, 0.2) is 54.6 Å². The van der Waals surface area contributed by atoms with Crippen LogP contribution in [0.1, 0.15) is 17.2 Å². The van der Waals surface area contributed by atoms with Gasteiger partial charge >= 0.3 is 0 Å². The zero-order valence-corrected chi connectivity index (χ0v) is 9.51. The average molecular weight is 219 g/mol. The maximum absolute atomic E-state index is 5.68. The Kier molecular flexibility index (Phi) is 2.34. The van der Waals surface area contributed by atoms with Gasteiger partial charge in [-0.05, 0) is 23.3 Å². The highest BCUT2D eigenvalue weighted by atomic mass is 15.2. The van der Waals surface area contributed by atoms with Gasteiger partial charge in [-0.15, -0.1) is 6.42 Å². The summed E-state index contributed by atoms with van der Waals surface area (Å²) in [6.45, 7) is 0.898. The fourth-order valence-corrected chi connectivity index (χ4v) is 2.43. The summed E-state index contributed by atoms with van der Waals surface area (Å²) >= 11 is 0. The van der Waals surface area contributed by atoms with Crippen molar-refractivity contribution in [1.29, 1.82) is 0 Å². The lowest BCUT2D eigenvalue weighted by Crippen LogP contribution is -2.19. The molecule has 82 valence electrons. The molecule has 1 aliphatic heterocycles. The number of para-hydroxylation sites is 1. The largest absolute Gasteiger partial charge is 0.349 e. The monoisotopic (exact) mass is 219 g/mol. The first kappa shape index (κ1) is 9.99. The molecule has 2 aromatic rings. The van der Waals surface area contributed by atoms with E-state index in [-0.39, 0.29) is 6.04 Å². The zero-order chi connectivity index (χ0) is 11.7. The third-order valence-electron chi connectivity index (χ3n) is 3.25. The van der Waals surface area contributed by atoms with Crippen molar-refractivity contribution in [2.24, 2.45) is 0 Å². The lowest BCUT2D eigenvalue weighted by Gasteiger charge is -2.23. The van der Waals surface area contributed by atoms with Crippen LogP contribution in [0.2, 0.25) is 0 Å². The van der Waals surface area contributed by atoms with E-state index >= 15 is 0 Å². The van der Waals surface area contributed by atoms with Gasteiger partial charge < -0.3 is 4.90 Å². The molecule has 0 spiro atoms. The number of rotatable bonds is 1. The Morgan fingerprint density at radius 1 is 1.00 bits per heavy atom. The van der Waals surface area contributed by atoms with Crippen molar-refractivity contribution >= 4 is 5.69 Å². The molecule has 0 N–H and O–H groups in total. The molecule has 0 bridgehead atoms. The highest BCUT2D eigenvalue weighted by Gasteiger charge is 2.28. The molecule has 0 saturated carbocycles. The Balaban J connectivity index is 2.04. The van der Waals surface area contributed by atoms with Crippen molar-refractivity contribution in [3.05, 3.63) is 65.7 Å². The highest BCUT2D eigenvalue weighted by Crippen LogP contribution is 2.36. The molecule has 1 heterocycles. The van der Waals surface area contributed by atoms with Crippen LogP contribution in [0.4, 0.5) is 5.69 Å². The summed E-state index contributed by atoms with van der Waals surface area (Å²) in [7, 11) is 0. The number of benzene rings is 2. The summed E-state index contributed by atoms with van der Waals surface area (Å²) in [6, 6.07) is 18.8. The summed E-state index contributed by atoms with van der Waals surface area (Å²) in [5.74, 6) is 2.89. The van der Waals surface area contributed by atoms with Gasteiger partial charge in [-0.1, -0.05) is 48.4 Å². The van der Waals surface area contributed by atoms with Gasteiger partial charge in [0.15, 0.2) is 0 Å². The molecule has 3 rings (SSSR count). The van der Waals surface area contributed by atoms with Crippen LogP contribution < -0.4 is 4.90 Å². The number of fused-ring (bicyclic) bond motifs is 1. The molecule has 1 atom stereocenters. The Bertz CT molecular complexity index is 566. The lowest BCUT2D eigenvalue weighted by atomic mass is 10.1. The normalized spacial score (nSPS) is 17.6. The molecule has 1 nitrogen and oxygen atoms in total. The highest BCUT2D eigenvalue weighted by molar-refractivity contribution is 5.57. The maximum Gasteiger partial charge on any atom is 0.116 e. The lowest BCUT2D eigenvalue weighted by molar-refractivity contribution is 0.814. The van der Waals surface area contributed by atoms with Gasteiger partial charge in [0.2, 0.25) is 0 Å². The third kappa shape index (κ3) is 1.59. The van der Waals surface area contributed by atoms with Crippen LogP contribution in [0.5, 0.6) is 0 Å². The molecule has 1 heteroatoms. The summed E-state index contributed by atoms with van der Waals surface area (Å²) in [5.41, 5.74) is 3.78. The van der Waals surface area contributed by atoms with E-state index in [2.05, 4.69) is 47.2 Å². The first-order valence-corrected chi connectivity index (χ1v) is 5.76. The maximum atomic E-state index is 5.68. The summed E-state index contributed by atoms with van der Waals surface area (Å²) in [4.78, 5) is 2.27. The summed E-state index contributed by atoms with van der Waals surface area (Å²) in [5, 5.41) is 0. The smallest absolute Gasteiger partial charge is 0.116 e. The second kappa shape index (κ2) is 3.99. The second-order valence-corrected chi connectivity index (χ2v) is 4.23. The van der Waals surface area contributed by atoms with E-state index in [4.69, 9.17) is 6.42 Å². The van der Waals surface area contributed by atoms with E-state index < -0.39 is 0 Å². The number of terminal acetylenes is 1. The molecule has 0 unspecified atom stereocenters. The topological polar surface area (TPSA) is 3.24 Å². The molecule has 0 amide bonds. The first-order valence-electron chi connectivity index (χ1n) is 5.76. The van der Waals surface area contributed by atoms with Gasteiger partial charge in [-0.3, -0.25) is 0 Å². The minimum absolute atomic E-state index is 0.0635. The van der Waals surface area contributed by atoms with Crippen LogP contribution in [-0.2, 0) is 6.54 Å². The van der Waals surface area contributed by atoms with Crippen molar-refractivity contribution in [3.8, 4) is 12.3 Å². The standard InChI is InChI=1S/C16H13N/c1-2-16-15-11-7-6-8-13(15)12-17(16)14-9-4-3-5-10-14/h1,3-11,16H,12H2/t16-/m1/s1. The van der Waals surface area contributed by atoms with Gasteiger partial charge in [0.25, 0.3) is 0 Å². The van der Waals surface area contributed by atoms with Crippen LogP contribution in [0.25, 0.3) is 0 Å². The Morgan fingerprint density at radius 2 is 1.71 bits per heavy atom. The van der Waals surface area contributed by atoms with Gasteiger partial charge in [0, 0.05) is 12.2 Å². The molecule has 0 saturated heterocycles. The number of hydrogen-bond donors (Lipinski definition) is 0. The number of hydrogen-bond acceptors (Lipinski definition) is 1. The quantitative estimate of drug-likeness (QED) is 0.665. The fourth-order valence-electron chi connectivity index (χ4n) is 2.43. The van der Waals surface area contributed by atoms with Crippen molar-refractivity contribution in [2.75, 3.05) is 4.90 Å². The Morgan fingerprint density at radius 3 is 2.47 bits per heavy atom. The van der Waals surface area contributed by atoms with Gasteiger partial charge in [0.1, 0.15) is 6.04 Å². The summed E-state index contributed by atoms with van der Waals surface area (Å²) in [6.07, 6.45) is 5.68. The third-order valence-corrected chi connectivity index (χ3v) is 3.25. The predicted molar refractivity (Wildman–Crippen MR) is 70.6 cm³/mol. The molecule has 17 heavy (non-hydrogen) atoms. The van der Waals surface area contributed by atoms with Crippen LogP contribution in [-0.4, -0.2) is 0 Å². The van der Waals surface area contributed by atoms with Crippen molar-refractivity contribution in [1.82, 2.24) is 0 Å². The van der Waals surface area contributed by atoms with Crippen LogP contribution in [0.3, 0.4) is 0 Å². The van der Waals surface area contributed by atoms with Gasteiger partial charge in [-0.25, -0.2) is 0 Å². The molecule has 0 fully saturated rings. The summed E-state index contributed by atoms with van der Waals surface area (Å²) < 4.78 is 0. The van der Waals surface area contributed by atoms with Crippen molar-refractivity contribution < 1.29 is 0 Å². The minimum Gasteiger partial charge on any atom is -0.349 e. The molecule has 2 aromatic carbocycles. The van der Waals surface area contributed by atoms with Gasteiger partial charge in [0.05, 0.1) is 0 Å². The molecule has 0 radical (unpaired) electrons. The van der Waals surface area contributed by atoms with Crippen molar-refractivity contribution in [2.45, 2.75) is 12.6 Å². The molecular formula is C16H13N. The van der Waals surface area contributed by atoms with Crippen LogP contribution >= 0.6 is 0 Å². The van der Waals surface area contributed by atoms with E-state index in [9.17, 15) is 0 Å². The zero-order valence-electron chi connectivity index (χ0n) is 9.51. The van der Waals surface area contributed by atoms with E-state index in [0.717, 1.165) is 6.54 Å². The fraction of sp³-hybridized carbons (Fsp3) is 0.125. The minimum atomic E-state index is 0.0635. The molecular weight excluding hydrogens is 206 g/mol. The molecule has 1 aliphatic rings. The predicted octanol–water partition coefficient (Wildman–Crippen LogP) is 3.38. The second-order valence-electron chi connectivity index (χ2n) is 4.23. The van der Waals surface area contributed by atoms with E-state index in [1.165, 1.54) is 16.8 Å². The van der Waals surface area contributed by atoms with E-state index in [1.807, 2.05) is 18.2 Å². The van der Waals surface area contributed by atoms with Gasteiger partial charge in [-0.2, -0.15) is 0 Å². The Hall–Kier alpha value is -2.20. The van der Waals surface area contributed by atoms with E-state index in [1.54, 1.807) is 0 Å². The van der Waals surface area contributed by atoms with Crippen molar-refractivity contribution in [3.63, 3.8) is 0 Å². The Labute approximate surface area is 102 Å². The van der Waals surface area contributed by atoms with E-state index in [0.29, 0.717) is 0 Å².